The van der Waals surface area contributed by atoms with Crippen LogP contribution < -0.4 is 0 Å². The normalized spacial score (nSPS) is 16.9. The summed E-state index contributed by atoms with van der Waals surface area (Å²) in [5.41, 5.74) is 13.8. The first-order chi connectivity index (χ1) is 28.8. The summed E-state index contributed by atoms with van der Waals surface area (Å²) < 4.78 is 2.16. The third-order valence-electron chi connectivity index (χ3n) is 11.2. The van der Waals surface area contributed by atoms with Gasteiger partial charge < -0.3 is 4.90 Å². The fraction of sp³-hybridized carbons (Fsp3) is 0.0385. The Labute approximate surface area is 336 Å². The first-order valence-corrected chi connectivity index (χ1v) is 19.6. The predicted octanol–water partition coefficient (Wildman–Crippen LogP) is 11.4. The summed E-state index contributed by atoms with van der Waals surface area (Å²) in [5, 5.41) is 0. The van der Waals surface area contributed by atoms with Crippen molar-refractivity contribution in [2.24, 2.45) is 15.9 Å². The second kappa shape index (κ2) is 14.1. The third kappa shape index (κ3) is 5.73. The van der Waals surface area contributed by atoms with Crippen LogP contribution in [0.4, 0.5) is 0 Å². The van der Waals surface area contributed by atoms with Crippen molar-refractivity contribution >= 4 is 28.5 Å². The molecule has 2 aliphatic heterocycles. The average Bonchev–Trinajstić information content (AvgIpc) is 3.87. The van der Waals surface area contributed by atoms with Crippen LogP contribution in [-0.2, 0) is 0 Å². The Morgan fingerprint density at radius 2 is 1.09 bits per heavy atom. The zero-order valence-corrected chi connectivity index (χ0v) is 31.5. The monoisotopic (exact) mass is 744 g/mol. The summed E-state index contributed by atoms with van der Waals surface area (Å²) in [7, 11) is 0. The fourth-order valence-electron chi connectivity index (χ4n) is 8.46. The van der Waals surface area contributed by atoms with E-state index in [1.165, 1.54) is 5.57 Å². The molecule has 2 unspecified atom stereocenters. The lowest BCUT2D eigenvalue weighted by molar-refractivity contribution is 0.405. The molecule has 0 N–H and O–H groups in total. The molecule has 4 heterocycles. The van der Waals surface area contributed by atoms with Gasteiger partial charge in [0.1, 0.15) is 23.3 Å². The molecule has 0 spiro atoms. The van der Waals surface area contributed by atoms with Crippen molar-refractivity contribution in [3.8, 4) is 39.3 Å². The second-order valence-electron chi connectivity index (χ2n) is 14.6. The van der Waals surface area contributed by atoms with E-state index in [0.717, 1.165) is 84.6 Å². The number of fused-ring (bicyclic) bond motifs is 4. The lowest BCUT2D eigenvalue weighted by atomic mass is 9.92. The number of para-hydroxylation sites is 1. The standard InChI is InChI=1S/C52H36N6/c1-5-15-37(16-6-1)43-33-34-53-52-46(43)54-49(57(52)42-21-11-4-12-22-42)41-31-27-36(28-32-41)35-25-29-38(30-26-35)47-44-23-13-14-24-45(44)51-56-48(39-17-7-2-8-18-39)55-50(58(47)51)40-19-9-3-10-20-40/h1-34,45,51H. The summed E-state index contributed by atoms with van der Waals surface area (Å²) in [6.07, 6.45) is 10.5. The molecule has 6 heteroatoms. The minimum absolute atomic E-state index is 0.0965. The number of benzene rings is 6. The molecule has 8 aromatic rings. The second-order valence-corrected chi connectivity index (χ2v) is 14.6. The molecule has 0 amide bonds. The number of hydrogen-bond acceptors (Lipinski definition) is 5. The van der Waals surface area contributed by atoms with Crippen LogP contribution in [0.5, 0.6) is 0 Å². The van der Waals surface area contributed by atoms with Gasteiger partial charge >= 0.3 is 0 Å². The van der Waals surface area contributed by atoms with Gasteiger partial charge in [-0.2, -0.15) is 0 Å². The summed E-state index contributed by atoms with van der Waals surface area (Å²) >= 11 is 0. The highest BCUT2D eigenvalue weighted by Gasteiger charge is 2.44. The molecule has 0 radical (unpaired) electrons. The number of aromatic nitrogens is 3. The molecule has 11 rings (SSSR count). The maximum Gasteiger partial charge on any atom is 0.165 e. The Hall–Kier alpha value is -7.70. The minimum atomic E-state index is -0.152. The van der Waals surface area contributed by atoms with Gasteiger partial charge in [0, 0.05) is 40.1 Å². The van der Waals surface area contributed by atoms with E-state index in [-0.39, 0.29) is 12.1 Å². The number of rotatable bonds is 7. The van der Waals surface area contributed by atoms with Gasteiger partial charge in [0.05, 0.1) is 5.70 Å². The Kier molecular flexibility index (Phi) is 8.18. The average molecular weight is 745 g/mol. The Bertz CT molecular complexity index is 2960. The smallest absolute Gasteiger partial charge is 0.165 e. The van der Waals surface area contributed by atoms with Crippen LogP contribution >= 0.6 is 0 Å². The molecule has 3 aliphatic rings. The van der Waals surface area contributed by atoms with Crippen LogP contribution in [0, 0.1) is 5.92 Å². The minimum Gasteiger partial charge on any atom is -0.301 e. The van der Waals surface area contributed by atoms with E-state index in [1.807, 2.05) is 36.5 Å². The van der Waals surface area contributed by atoms with Gasteiger partial charge in [-0.3, -0.25) is 4.57 Å². The molecule has 0 bridgehead atoms. The molecule has 0 saturated carbocycles. The Balaban J connectivity index is 0.959. The van der Waals surface area contributed by atoms with E-state index in [1.54, 1.807) is 0 Å². The molecule has 274 valence electrons. The largest absolute Gasteiger partial charge is 0.301 e. The Morgan fingerprint density at radius 1 is 0.500 bits per heavy atom. The molecule has 58 heavy (non-hydrogen) atoms. The van der Waals surface area contributed by atoms with Gasteiger partial charge in [0.15, 0.2) is 11.5 Å². The van der Waals surface area contributed by atoms with Crippen LogP contribution in [0.3, 0.4) is 0 Å². The molecule has 2 aromatic heterocycles. The molecule has 6 aromatic carbocycles. The van der Waals surface area contributed by atoms with Crippen LogP contribution in [-0.4, -0.2) is 37.3 Å². The predicted molar refractivity (Wildman–Crippen MR) is 235 cm³/mol. The first kappa shape index (κ1) is 33.6. The van der Waals surface area contributed by atoms with E-state index >= 15 is 0 Å². The highest BCUT2D eigenvalue weighted by atomic mass is 15.4. The van der Waals surface area contributed by atoms with E-state index < -0.39 is 0 Å². The van der Waals surface area contributed by atoms with Crippen molar-refractivity contribution in [2.75, 3.05) is 0 Å². The lowest BCUT2D eigenvalue weighted by Crippen LogP contribution is -2.41. The van der Waals surface area contributed by atoms with Crippen molar-refractivity contribution in [2.45, 2.75) is 6.17 Å². The van der Waals surface area contributed by atoms with Gasteiger partial charge in [-0.15, -0.1) is 0 Å². The van der Waals surface area contributed by atoms with Crippen molar-refractivity contribution in [3.63, 3.8) is 0 Å². The SMILES string of the molecule is C1=CC2=C(c3ccc(-c4ccc(-c5nc6c(-c7ccccc7)ccnc6n5-c5ccccc5)cc4)cc3)N3C(c4ccccc4)=NC(c4ccccc4)=NC3C2C=C1. The molecular formula is C52H36N6. The fourth-order valence-corrected chi connectivity index (χ4v) is 8.46. The van der Waals surface area contributed by atoms with Crippen molar-refractivity contribution in [1.82, 2.24) is 19.4 Å². The maximum atomic E-state index is 5.33. The van der Waals surface area contributed by atoms with E-state index in [4.69, 9.17) is 20.0 Å². The van der Waals surface area contributed by atoms with E-state index in [9.17, 15) is 0 Å². The van der Waals surface area contributed by atoms with Gasteiger partial charge in [-0.25, -0.2) is 20.0 Å². The Morgan fingerprint density at radius 3 is 1.76 bits per heavy atom. The summed E-state index contributed by atoms with van der Waals surface area (Å²) in [5.74, 6) is 2.61. The highest BCUT2D eigenvalue weighted by molar-refractivity contribution is 6.16. The number of amidine groups is 2. The summed E-state index contributed by atoms with van der Waals surface area (Å²) in [6, 6.07) is 61.2. The van der Waals surface area contributed by atoms with Crippen LogP contribution in [0.1, 0.15) is 16.7 Å². The number of nitrogens with zero attached hydrogens (tertiary/aromatic N) is 6. The van der Waals surface area contributed by atoms with Crippen molar-refractivity contribution in [1.29, 1.82) is 0 Å². The van der Waals surface area contributed by atoms with Gasteiger partial charge in [-0.1, -0.05) is 182 Å². The molecule has 2 atom stereocenters. The van der Waals surface area contributed by atoms with Crippen molar-refractivity contribution in [3.05, 3.63) is 229 Å². The number of allylic oxidation sites excluding steroid dienone is 3. The number of hydrogen-bond donors (Lipinski definition) is 0. The topological polar surface area (TPSA) is 58.7 Å². The summed E-state index contributed by atoms with van der Waals surface area (Å²) in [4.78, 5) is 23.1. The zero-order valence-electron chi connectivity index (χ0n) is 31.5. The van der Waals surface area contributed by atoms with E-state index in [0.29, 0.717) is 0 Å². The quantitative estimate of drug-likeness (QED) is 0.163. The van der Waals surface area contributed by atoms with Crippen LogP contribution in [0.25, 0.3) is 56.2 Å². The molecular weight excluding hydrogens is 709 g/mol. The zero-order chi connectivity index (χ0) is 38.4. The van der Waals surface area contributed by atoms with Crippen molar-refractivity contribution < 1.29 is 0 Å². The molecule has 6 nitrogen and oxygen atoms in total. The number of pyridine rings is 1. The van der Waals surface area contributed by atoms with E-state index in [2.05, 4.69) is 179 Å². The van der Waals surface area contributed by atoms with Crippen LogP contribution in [0.15, 0.2) is 222 Å². The summed E-state index contributed by atoms with van der Waals surface area (Å²) in [6.45, 7) is 0. The van der Waals surface area contributed by atoms with Gasteiger partial charge in [0.2, 0.25) is 0 Å². The molecule has 0 fully saturated rings. The van der Waals surface area contributed by atoms with Gasteiger partial charge in [0.25, 0.3) is 0 Å². The molecule has 0 saturated heterocycles. The highest BCUT2D eigenvalue weighted by Crippen LogP contribution is 2.46. The first-order valence-electron chi connectivity index (χ1n) is 19.6. The molecule has 1 aliphatic carbocycles. The van der Waals surface area contributed by atoms with Gasteiger partial charge in [-0.05, 0) is 46.0 Å². The number of imidazole rings is 1. The number of aliphatic imine (C=N–C) groups is 2. The lowest BCUT2D eigenvalue weighted by Gasteiger charge is -2.34. The third-order valence-corrected chi connectivity index (χ3v) is 11.2. The maximum absolute atomic E-state index is 5.33. The van der Waals surface area contributed by atoms with Crippen LogP contribution in [0.2, 0.25) is 0 Å².